The molecule has 0 bridgehead atoms. The lowest BCUT2D eigenvalue weighted by Gasteiger charge is -2.20. The van der Waals surface area contributed by atoms with Gasteiger partial charge in [-0.2, -0.15) is 0 Å². The standard InChI is InChI=1S/C23H27BrFN3O3/c1-2-6-20(27-22(29)15-31-21-10-9-16(24)13-19(21)25)23(30)26-17-7-5-8-18(14-17)28-11-3-4-12-28/h5,7-10,13-14,20H,2-4,6,11-12,15H2,1H3,(H,26,30)(H,27,29). The second kappa shape index (κ2) is 11.1. The molecule has 1 saturated heterocycles. The summed E-state index contributed by atoms with van der Waals surface area (Å²) in [7, 11) is 0. The van der Waals surface area contributed by atoms with Crippen LogP contribution < -0.4 is 20.3 Å². The Morgan fingerprint density at radius 3 is 2.68 bits per heavy atom. The van der Waals surface area contributed by atoms with E-state index in [0.717, 1.165) is 18.8 Å². The number of carbonyl (C=O) groups is 2. The van der Waals surface area contributed by atoms with Crippen molar-refractivity contribution in [3.63, 3.8) is 0 Å². The highest BCUT2D eigenvalue weighted by atomic mass is 79.9. The maximum absolute atomic E-state index is 13.8. The number of nitrogens with zero attached hydrogens (tertiary/aromatic N) is 1. The van der Waals surface area contributed by atoms with Crippen molar-refractivity contribution in [1.82, 2.24) is 5.32 Å². The lowest BCUT2D eigenvalue weighted by Crippen LogP contribution is -2.45. The largest absolute Gasteiger partial charge is 0.481 e. The summed E-state index contributed by atoms with van der Waals surface area (Å²) in [5.74, 6) is -1.36. The molecule has 0 saturated carbocycles. The molecule has 0 aromatic heterocycles. The Kier molecular flexibility index (Phi) is 8.28. The summed E-state index contributed by atoms with van der Waals surface area (Å²) in [6.45, 7) is 3.60. The minimum absolute atomic E-state index is 0.0198. The molecule has 1 fully saturated rings. The van der Waals surface area contributed by atoms with Gasteiger partial charge in [-0.05, 0) is 55.7 Å². The van der Waals surface area contributed by atoms with Crippen LogP contribution >= 0.6 is 15.9 Å². The molecule has 31 heavy (non-hydrogen) atoms. The van der Waals surface area contributed by atoms with Crippen LogP contribution in [0.25, 0.3) is 0 Å². The van der Waals surface area contributed by atoms with E-state index in [1.165, 1.54) is 25.0 Å². The minimum Gasteiger partial charge on any atom is -0.481 e. The Morgan fingerprint density at radius 1 is 1.19 bits per heavy atom. The maximum atomic E-state index is 13.8. The number of rotatable bonds is 9. The summed E-state index contributed by atoms with van der Waals surface area (Å²) in [4.78, 5) is 27.4. The van der Waals surface area contributed by atoms with Crippen molar-refractivity contribution >= 4 is 39.1 Å². The van der Waals surface area contributed by atoms with Gasteiger partial charge in [0.25, 0.3) is 5.91 Å². The van der Waals surface area contributed by atoms with E-state index in [1.54, 1.807) is 6.07 Å². The molecule has 1 unspecified atom stereocenters. The number of hydrogen-bond donors (Lipinski definition) is 2. The molecule has 0 radical (unpaired) electrons. The predicted octanol–water partition coefficient (Wildman–Crippen LogP) is 4.49. The van der Waals surface area contributed by atoms with Gasteiger partial charge in [-0.15, -0.1) is 0 Å². The first-order valence-electron chi connectivity index (χ1n) is 10.5. The number of hydrogen-bond acceptors (Lipinski definition) is 4. The fourth-order valence-corrected chi connectivity index (χ4v) is 3.85. The number of carbonyl (C=O) groups excluding carboxylic acids is 2. The van der Waals surface area contributed by atoms with E-state index < -0.39 is 17.8 Å². The molecule has 8 heteroatoms. The Bertz CT molecular complexity index is 919. The summed E-state index contributed by atoms with van der Waals surface area (Å²) >= 11 is 3.17. The minimum atomic E-state index is -0.702. The molecule has 1 heterocycles. The first kappa shape index (κ1) is 23.1. The van der Waals surface area contributed by atoms with E-state index in [-0.39, 0.29) is 18.3 Å². The zero-order valence-electron chi connectivity index (χ0n) is 17.5. The van der Waals surface area contributed by atoms with Gasteiger partial charge in [0, 0.05) is 28.9 Å². The van der Waals surface area contributed by atoms with Crippen LogP contribution in [-0.2, 0) is 9.59 Å². The van der Waals surface area contributed by atoms with Gasteiger partial charge in [-0.3, -0.25) is 9.59 Å². The van der Waals surface area contributed by atoms with Gasteiger partial charge in [-0.25, -0.2) is 4.39 Å². The summed E-state index contributed by atoms with van der Waals surface area (Å²) in [6, 6.07) is 11.4. The van der Waals surface area contributed by atoms with Crippen LogP contribution in [0.5, 0.6) is 5.75 Å². The van der Waals surface area contributed by atoms with E-state index in [4.69, 9.17) is 4.74 Å². The highest BCUT2D eigenvalue weighted by molar-refractivity contribution is 9.10. The topological polar surface area (TPSA) is 70.7 Å². The Balaban J connectivity index is 1.57. The zero-order chi connectivity index (χ0) is 22.2. The summed E-state index contributed by atoms with van der Waals surface area (Å²) in [5, 5.41) is 5.59. The quantitative estimate of drug-likeness (QED) is 0.541. The molecule has 1 aliphatic heterocycles. The van der Waals surface area contributed by atoms with Crippen molar-refractivity contribution in [2.75, 3.05) is 29.9 Å². The van der Waals surface area contributed by atoms with E-state index in [0.29, 0.717) is 23.0 Å². The van der Waals surface area contributed by atoms with Gasteiger partial charge in [0.05, 0.1) is 0 Å². The summed E-state index contributed by atoms with van der Waals surface area (Å²) < 4.78 is 19.7. The molecule has 1 atom stereocenters. The fraction of sp³-hybridized carbons (Fsp3) is 0.391. The van der Waals surface area contributed by atoms with Crippen LogP contribution in [0.3, 0.4) is 0 Å². The molecule has 2 aromatic carbocycles. The van der Waals surface area contributed by atoms with Crippen molar-refractivity contribution in [2.45, 2.75) is 38.6 Å². The molecule has 2 N–H and O–H groups in total. The zero-order valence-corrected chi connectivity index (χ0v) is 19.1. The van der Waals surface area contributed by atoms with Crippen LogP contribution in [0.15, 0.2) is 46.9 Å². The van der Waals surface area contributed by atoms with Crippen molar-refractivity contribution in [3.05, 3.63) is 52.8 Å². The number of amides is 2. The fourth-order valence-electron chi connectivity index (χ4n) is 3.51. The van der Waals surface area contributed by atoms with E-state index in [2.05, 4.69) is 31.5 Å². The Morgan fingerprint density at radius 2 is 1.97 bits per heavy atom. The second-order valence-corrected chi connectivity index (χ2v) is 8.42. The number of ether oxygens (including phenoxy) is 1. The number of anilines is 2. The molecule has 2 amide bonds. The van der Waals surface area contributed by atoms with Gasteiger partial charge in [0.2, 0.25) is 5.91 Å². The van der Waals surface area contributed by atoms with Crippen LogP contribution in [-0.4, -0.2) is 37.6 Å². The van der Waals surface area contributed by atoms with Crippen molar-refractivity contribution in [3.8, 4) is 5.75 Å². The molecular weight excluding hydrogens is 465 g/mol. The summed E-state index contributed by atoms with van der Waals surface area (Å²) in [5.41, 5.74) is 1.77. The monoisotopic (exact) mass is 491 g/mol. The molecule has 3 rings (SSSR count). The first-order chi connectivity index (χ1) is 15.0. The third-order valence-electron chi connectivity index (χ3n) is 5.07. The highest BCUT2D eigenvalue weighted by Crippen LogP contribution is 2.24. The van der Waals surface area contributed by atoms with Crippen LogP contribution in [0.2, 0.25) is 0 Å². The third kappa shape index (κ3) is 6.69. The number of nitrogens with one attached hydrogen (secondary N) is 2. The van der Waals surface area contributed by atoms with Crippen LogP contribution in [0.4, 0.5) is 15.8 Å². The average Bonchev–Trinajstić information content (AvgIpc) is 3.28. The number of benzene rings is 2. The van der Waals surface area contributed by atoms with Crippen molar-refractivity contribution < 1.29 is 18.7 Å². The highest BCUT2D eigenvalue weighted by Gasteiger charge is 2.21. The lowest BCUT2D eigenvalue weighted by molar-refractivity contribution is -0.128. The van der Waals surface area contributed by atoms with E-state index in [1.807, 2.05) is 31.2 Å². The van der Waals surface area contributed by atoms with E-state index >= 15 is 0 Å². The predicted molar refractivity (Wildman–Crippen MR) is 123 cm³/mol. The van der Waals surface area contributed by atoms with Gasteiger partial charge < -0.3 is 20.3 Å². The van der Waals surface area contributed by atoms with Gasteiger partial charge in [-0.1, -0.05) is 35.3 Å². The van der Waals surface area contributed by atoms with Gasteiger partial charge >= 0.3 is 0 Å². The Hall–Kier alpha value is -2.61. The molecule has 1 aliphatic rings. The average molecular weight is 492 g/mol. The number of halogens is 2. The maximum Gasteiger partial charge on any atom is 0.258 e. The summed E-state index contributed by atoms with van der Waals surface area (Å²) in [6.07, 6.45) is 3.55. The molecule has 2 aromatic rings. The van der Waals surface area contributed by atoms with Crippen molar-refractivity contribution in [1.29, 1.82) is 0 Å². The normalized spacial score (nSPS) is 14.2. The molecular formula is C23H27BrFN3O3. The SMILES string of the molecule is CCCC(NC(=O)COc1ccc(Br)cc1F)C(=O)Nc1cccc(N2CCCC2)c1. The molecule has 0 aliphatic carbocycles. The molecule has 0 spiro atoms. The van der Waals surface area contributed by atoms with Crippen molar-refractivity contribution in [2.24, 2.45) is 0 Å². The molecule has 6 nitrogen and oxygen atoms in total. The third-order valence-corrected chi connectivity index (χ3v) is 5.56. The first-order valence-corrected chi connectivity index (χ1v) is 11.3. The van der Waals surface area contributed by atoms with E-state index in [9.17, 15) is 14.0 Å². The Labute approximate surface area is 190 Å². The second-order valence-electron chi connectivity index (χ2n) is 7.51. The lowest BCUT2D eigenvalue weighted by atomic mass is 10.1. The van der Waals surface area contributed by atoms with Crippen LogP contribution in [0, 0.1) is 5.82 Å². The molecule has 166 valence electrons. The van der Waals surface area contributed by atoms with Gasteiger partial charge in [0.15, 0.2) is 18.2 Å². The smallest absolute Gasteiger partial charge is 0.258 e. The van der Waals surface area contributed by atoms with Crippen LogP contribution in [0.1, 0.15) is 32.6 Å². The van der Waals surface area contributed by atoms with Gasteiger partial charge in [0.1, 0.15) is 6.04 Å².